The second-order valence-corrected chi connectivity index (χ2v) is 6.70. The fourth-order valence-electron chi connectivity index (χ4n) is 2.00. The van der Waals surface area contributed by atoms with Crippen LogP contribution in [0.4, 0.5) is 0 Å². The standard InChI is InChI=1S/C14H20N2O6S/c1-15-11(14(18)19)7-5-9-4-6-10(12(8-9)22-2)13(17)16-23(3,20)21/h4,6,8,11,15H,5,7H2,1-3H3,(H,16,17)(H,18,19). The summed E-state index contributed by atoms with van der Waals surface area (Å²) in [4.78, 5) is 22.8. The van der Waals surface area contributed by atoms with Crippen molar-refractivity contribution in [2.75, 3.05) is 20.4 Å². The number of sulfonamides is 1. The van der Waals surface area contributed by atoms with E-state index in [1.54, 1.807) is 19.2 Å². The number of hydrogen-bond acceptors (Lipinski definition) is 6. The van der Waals surface area contributed by atoms with Gasteiger partial charge in [0.2, 0.25) is 10.0 Å². The summed E-state index contributed by atoms with van der Waals surface area (Å²) in [5.74, 6) is -1.50. The minimum Gasteiger partial charge on any atom is -0.496 e. The SMILES string of the molecule is CNC(CCc1ccc(C(=O)NS(C)(=O)=O)c(OC)c1)C(=O)O. The van der Waals surface area contributed by atoms with Crippen LogP contribution in [0.25, 0.3) is 0 Å². The number of carbonyl (C=O) groups excluding carboxylic acids is 1. The lowest BCUT2D eigenvalue weighted by Crippen LogP contribution is -2.34. The van der Waals surface area contributed by atoms with E-state index < -0.39 is 27.9 Å². The normalized spacial score (nSPS) is 12.5. The summed E-state index contributed by atoms with van der Waals surface area (Å²) in [5, 5.41) is 11.7. The molecule has 1 unspecified atom stereocenters. The summed E-state index contributed by atoms with van der Waals surface area (Å²) >= 11 is 0. The number of carboxylic acid groups (broad SMARTS) is 1. The van der Waals surface area contributed by atoms with E-state index in [2.05, 4.69) is 5.32 Å². The molecule has 1 rings (SSSR count). The fraction of sp³-hybridized carbons (Fsp3) is 0.429. The predicted molar refractivity (Wildman–Crippen MR) is 84.1 cm³/mol. The molecule has 0 aromatic heterocycles. The van der Waals surface area contributed by atoms with E-state index in [1.807, 2.05) is 4.72 Å². The van der Waals surface area contributed by atoms with Gasteiger partial charge in [-0.2, -0.15) is 0 Å². The van der Waals surface area contributed by atoms with E-state index >= 15 is 0 Å². The number of likely N-dealkylation sites (N-methyl/N-ethyl adjacent to an activating group) is 1. The third kappa shape index (κ3) is 5.87. The van der Waals surface area contributed by atoms with Crippen molar-refractivity contribution in [1.29, 1.82) is 0 Å². The van der Waals surface area contributed by atoms with Gasteiger partial charge in [0, 0.05) is 0 Å². The Labute approximate surface area is 134 Å². The molecule has 0 spiro atoms. The zero-order valence-corrected chi connectivity index (χ0v) is 13.9. The molecule has 0 radical (unpaired) electrons. The molecular formula is C14H20N2O6S. The summed E-state index contributed by atoms with van der Waals surface area (Å²) in [5.41, 5.74) is 0.865. The van der Waals surface area contributed by atoms with E-state index in [4.69, 9.17) is 9.84 Å². The minimum atomic E-state index is -3.67. The number of aliphatic carboxylic acids is 1. The maximum Gasteiger partial charge on any atom is 0.320 e. The van der Waals surface area contributed by atoms with Crippen molar-refractivity contribution in [1.82, 2.24) is 10.0 Å². The van der Waals surface area contributed by atoms with Crippen LogP contribution >= 0.6 is 0 Å². The molecule has 0 saturated carbocycles. The first-order chi connectivity index (χ1) is 10.7. The topological polar surface area (TPSA) is 122 Å². The molecular weight excluding hydrogens is 324 g/mol. The molecule has 23 heavy (non-hydrogen) atoms. The van der Waals surface area contributed by atoms with Gasteiger partial charge in [-0.3, -0.25) is 9.59 Å². The minimum absolute atomic E-state index is 0.0880. The Morgan fingerprint density at radius 3 is 2.48 bits per heavy atom. The first-order valence-corrected chi connectivity index (χ1v) is 8.66. The lowest BCUT2D eigenvalue weighted by molar-refractivity contribution is -0.139. The second-order valence-electron chi connectivity index (χ2n) is 4.96. The van der Waals surface area contributed by atoms with Crippen LogP contribution in [0.5, 0.6) is 5.75 Å². The molecule has 1 amide bonds. The predicted octanol–water partition coefficient (Wildman–Crippen LogP) is -0.0102. The molecule has 0 bridgehead atoms. The molecule has 1 atom stereocenters. The molecule has 0 saturated heterocycles. The van der Waals surface area contributed by atoms with Crippen molar-refractivity contribution >= 4 is 21.9 Å². The molecule has 0 aliphatic heterocycles. The highest BCUT2D eigenvalue weighted by molar-refractivity contribution is 7.89. The first-order valence-electron chi connectivity index (χ1n) is 6.77. The molecule has 8 nitrogen and oxygen atoms in total. The Balaban J connectivity index is 2.92. The average molecular weight is 344 g/mol. The molecule has 1 aromatic rings. The van der Waals surface area contributed by atoms with E-state index in [0.29, 0.717) is 12.8 Å². The maximum absolute atomic E-state index is 11.9. The van der Waals surface area contributed by atoms with Crippen molar-refractivity contribution < 1.29 is 27.9 Å². The first kappa shape index (κ1) is 18.9. The number of hydrogen-bond donors (Lipinski definition) is 3. The summed E-state index contributed by atoms with van der Waals surface area (Å²) in [6.45, 7) is 0. The van der Waals surface area contributed by atoms with Crippen molar-refractivity contribution in [2.45, 2.75) is 18.9 Å². The van der Waals surface area contributed by atoms with Gasteiger partial charge in [-0.25, -0.2) is 13.1 Å². The van der Waals surface area contributed by atoms with Crippen molar-refractivity contribution in [3.63, 3.8) is 0 Å². The summed E-state index contributed by atoms with van der Waals surface area (Å²) < 4.78 is 29.2. The third-order valence-corrected chi connectivity index (χ3v) is 3.71. The van der Waals surface area contributed by atoms with Gasteiger partial charge < -0.3 is 15.2 Å². The van der Waals surface area contributed by atoms with E-state index in [1.165, 1.54) is 13.2 Å². The van der Waals surface area contributed by atoms with Gasteiger partial charge in [0.1, 0.15) is 11.8 Å². The van der Waals surface area contributed by atoms with Crippen LogP contribution in [0.3, 0.4) is 0 Å². The smallest absolute Gasteiger partial charge is 0.320 e. The zero-order valence-electron chi connectivity index (χ0n) is 13.1. The number of rotatable bonds is 8. The highest BCUT2D eigenvalue weighted by Crippen LogP contribution is 2.21. The quantitative estimate of drug-likeness (QED) is 0.606. The van der Waals surface area contributed by atoms with Crippen LogP contribution in [0.15, 0.2) is 18.2 Å². The molecule has 0 fully saturated rings. The molecule has 0 heterocycles. The molecule has 128 valence electrons. The lowest BCUT2D eigenvalue weighted by atomic mass is 10.0. The second kappa shape index (κ2) is 7.93. The Morgan fingerprint density at radius 2 is 2.00 bits per heavy atom. The third-order valence-electron chi connectivity index (χ3n) is 3.16. The number of carbonyl (C=O) groups is 2. The van der Waals surface area contributed by atoms with Crippen molar-refractivity contribution in [2.24, 2.45) is 0 Å². The van der Waals surface area contributed by atoms with E-state index in [9.17, 15) is 18.0 Å². The largest absolute Gasteiger partial charge is 0.496 e. The van der Waals surface area contributed by atoms with Crippen molar-refractivity contribution in [3.05, 3.63) is 29.3 Å². The van der Waals surface area contributed by atoms with E-state index in [-0.39, 0.29) is 11.3 Å². The van der Waals surface area contributed by atoms with Crippen LogP contribution in [-0.2, 0) is 21.2 Å². The van der Waals surface area contributed by atoms with Gasteiger partial charge in [-0.15, -0.1) is 0 Å². The maximum atomic E-state index is 11.9. The Morgan fingerprint density at radius 1 is 1.35 bits per heavy atom. The summed E-state index contributed by atoms with van der Waals surface area (Å²) in [7, 11) is -0.737. The van der Waals surface area contributed by atoms with Gasteiger partial charge >= 0.3 is 5.97 Å². The molecule has 9 heteroatoms. The van der Waals surface area contributed by atoms with Crippen LogP contribution in [0, 0.1) is 0 Å². The highest BCUT2D eigenvalue weighted by atomic mass is 32.2. The number of amides is 1. The molecule has 0 aliphatic carbocycles. The summed E-state index contributed by atoms with van der Waals surface area (Å²) in [6, 6.07) is 4.00. The van der Waals surface area contributed by atoms with Gasteiger partial charge in [-0.1, -0.05) is 6.07 Å². The number of aryl methyl sites for hydroxylation is 1. The number of carboxylic acids is 1. The number of benzene rings is 1. The number of ether oxygens (including phenoxy) is 1. The number of methoxy groups -OCH3 is 1. The highest BCUT2D eigenvalue weighted by Gasteiger charge is 2.18. The van der Waals surface area contributed by atoms with Crippen LogP contribution in [0.1, 0.15) is 22.3 Å². The monoisotopic (exact) mass is 344 g/mol. The van der Waals surface area contributed by atoms with E-state index in [0.717, 1.165) is 11.8 Å². The van der Waals surface area contributed by atoms with Gasteiger partial charge in [0.05, 0.1) is 18.9 Å². The van der Waals surface area contributed by atoms with Gasteiger partial charge in [-0.05, 0) is 37.6 Å². The summed E-state index contributed by atoms with van der Waals surface area (Å²) in [6.07, 6.45) is 1.71. The Kier molecular flexibility index (Phi) is 6.52. The van der Waals surface area contributed by atoms with Gasteiger partial charge in [0.15, 0.2) is 0 Å². The number of nitrogens with one attached hydrogen (secondary N) is 2. The lowest BCUT2D eigenvalue weighted by Gasteiger charge is -2.13. The van der Waals surface area contributed by atoms with Crippen LogP contribution in [-0.4, -0.2) is 51.9 Å². The zero-order chi connectivity index (χ0) is 17.6. The molecule has 0 aliphatic rings. The fourth-order valence-corrected chi connectivity index (χ4v) is 2.45. The Bertz CT molecular complexity index is 687. The van der Waals surface area contributed by atoms with Crippen molar-refractivity contribution in [3.8, 4) is 5.75 Å². The van der Waals surface area contributed by atoms with Gasteiger partial charge in [0.25, 0.3) is 5.91 Å². The Hall–Kier alpha value is -2.13. The van der Waals surface area contributed by atoms with Crippen LogP contribution < -0.4 is 14.8 Å². The molecule has 3 N–H and O–H groups in total. The molecule has 1 aromatic carbocycles. The average Bonchev–Trinajstić information content (AvgIpc) is 2.45. The van der Waals surface area contributed by atoms with Crippen LogP contribution in [0.2, 0.25) is 0 Å².